The number of imidazole rings is 1. The fraction of sp³-hybridized carbons (Fsp3) is 0.120. The molecule has 2 heterocycles. The Morgan fingerprint density at radius 3 is 1.97 bits per heavy atom. The van der Waals surface area contributed by atoms with Crippen molar-refractivity contribution in [2.45, 2.75) is 6.92 Å². The second-order valence-electron chi connectivity index (χ2n) is 7.08. The molecule has 0 bridgehead atoms. The first-order chi connectivity index (χ1) is 14.7. The van der Waals surface area contributed by atoms with Crippen LogP contribution in [0.3, 0.4) is 0 Å². The standard InChI is InChI=1S/C25H21N3O2/c1-16-26-20-15-22(30-3)21(29-2)14-19(20)25-27-23(17-10-6-4-7-11-17)24(28(16)25)18-12-8-5-9-13-18/h4-15H,1-3H3. The van der Waals surface area contributed by atoms with Gasteiger partial charge in [-0.05, 0) is 13.0 Å². The molecule has 0 aliphatic carbocycles. The molecule has 5 heteroatoms. The summed E-state index contributed by atoms with van der Waals surface area (Å²) in [5, 5.41) is 0.914. The highest BCUT2D eigenvalue weighted by atomic mass is 16.5. The third kappa shape index (κ3) is 2.78. The summed E-state index contributed by atoms with van der Waals surface area (Å²) >= 11 is 0. The Balaban J connectivity index is 1.94. The Hall–Kier alpha value is -3.86. The van der Waals surface area contributed by atoms with Gasteiger partial charge < -0.3 is 9.47 Å². The lowest BCUT2D eigenvalue weighted by Crippen LogP contribution is -2.00. The van der Waals surface area contributed by atoms with Crippen molar-refractivity contribution < 1.29 is 9.47 Å². The van der Waals surface area contributed by atoms with Gasteiger partial charge in [0.25, 0.3) is 0 Å². The van der Waals surface area contributed by atoms with E-state index in [1.165, 1.54) is 0 Å². The molecule has 0 atom stereocenters. The van der Waals surface area contributed by atoms with E-state index in [0.717, 1.165) is 44.9 Å². The summed E-state index contributed by atoms with van der Waals surface area (Å²) in [4.78, 5) is 9.97. The van der Waals surface area contributed by atoms with Gasteiger partial charge in [-0.25, -0.2) is 9.97 Å². The van der Waals surface area contributed by atoms with Gasteiger partial charge in [0.15, 0.2) is 11.5 Å². The minimum atomic E-state index is 0.652. The zero-order valence-electron chi connectivity index (χ0n) is 17.1. The number of aromatic nitrogens is 3. The quantitative estimate of drug-likeness (QED) is 0.401. The Morgan fingerprint density at radius 2 is 1.33 bits per heavy atom. The topological polar surface area (TPSA) is 48.7 Å². The molecule has 5 nitrogen and oxygen atoms in total. The zero-order valence-corrected chi connectivity index (χ0v) is 17.1. The summed E-state index contributed by atoms with van der Waals surface area (Å²) in [6.07, 6.45) is 0. The highest BCUT2D eigenvalue weighted by molar-refractivity contribution is 5.97. The van der Waals surface area contributed by atoms with Gasteiger partial charge in [-0.15, -0.1) is 0 Å². The van der Waals surface area contributed by atoms with Crippen LogP contribution in [0.5, 0.6) is 11.5 Å². The largest absolute Gasteiger partial charge is 0.493 e. The van der Waals surface area contributed by atoms with E-state index in [1.54, 1.807) is 14.2 Å². The summed E-state index contributed by atoms with van der Waals surface area (Å²) in [6.45, 7) is 2.01. The molecule has 0 N–H and O–H groups in total. The summed E-state index contributed by atoms with van der Waals surface area (Å²) in [5.74, 6) is 2.17. The van der Waals surface area contributed by atoms with Crippen LogP contribution in [0, 0.1) is 6.92 Å². The molecule has 0 aliphatic rings. The lowest BCUT2D eigenvalue weighted by molar-refractivity contribution is 0.356. The molecule has 5 rings (SSSR count). The summed E-state index contributed by atoms with van der Waals surface area (Å²) < 4.78 is 13.1. The van der Waals surface area contributed by atoms with Crippen molar-refractivity contribution in [3.8, 4) is 34.0 Å². The molecule has 0 saturated carbocycles. The molecule has 0 saturated heterocycles. The zero-order chi connectivity index (χ0) is 20.7. The fourth-order valence-corrected chi connectivity index (χ4v) is 3.94. The first-order valence-electron chi connectivity index (χ1n) is 9.77. The molecule has 0 aliphatic heterocycles. The maximum atomic E-state index is 5.54. The van der Waals surface area contributed by atoms with Crippen molar-refractivity contribution in [2.75, 3.05) is 14.2 Å². The number of rotatable bonds is 4. The second kappa shape index (κ2) is 7.19. The Morgan fingerprint density at radius 1 is 0.733 bits per heavy atom. The van der Waals surface area contributed by atoms with E-state index in [1.807, 2.05) is 55.5 Å². The number of hydrogen-bond donors (Lipinski definition) is 0. The van der Waals surface area contributed by atoms with Gasteiger partial charge in [-0.1, -0.05) is 60.7 Å². The van der Waals surface area contributed by atoms with Crippen LogP contribution in [0.2, 0.25) is 0 Å². The van der Waals surface area contributed by atoms with Crippen molar-refractivity contribution >= 4 is 16.6 Å². The number of hydrogen-bond acceptors (Lipinski definition) is 4. The lowest BCUT2D eigenvalue weighted by Gasteiger charge is -2.12. The smallest absolute Gasteiger partial charge is 0.162 e. The number of benzene rings is 3. The number of nitrogens with zero attached hydrogens (tertiary/aromatic N) is 3. The number of ether oxygens (including phenoxy) is 2. The molecular weight excluding hydrogens is 374 g/mol. The predicted octanol–water partition coefficient (Wildman–Crippen LogP) is 5.54. The van der Waals surface area contributed by atoms with Crippen molar-refractivity contribution in [2.24, 2.45) is 0 Å². The number of methoxy groups -OCH3 is 2. The van der Waals surface area contributed by atoms with E-state index in [-0.39, 0.29) is 0 Å². The Bertz CT molecular complexity index is 1360. The minimum absolute atomic E-state index is 0.652. The Labute approximate surface area is 174 Å². The van der Waals surface area contributed by atoms with Crippen LogP contribution in [-0.4, -0.2) is 28.6 Å². The fourth-order valence-electron chi connectivity index (χ4n) is 3.94. The van der Waals surface area contributed by atoms with Crippen molar-refractivity contribution in [3.63, 3.8) is 0 Å². The van der Waals surface area contributed by atoms with Crippen LogP contribution in [0.4, 0.5) is 0 Å². The highest BCUT2D eigenvalue weighted by Crippen LogP contribution is 2.38. The van der Waals surface area contributed by atoms with E-state index in [9.17, 15) is 0 Å². The van der Waals surface area contributed by atoms with Gasteiger partial charge in [0, 0.05) is 22.6 Å². The number of fused-ring (bicyclic) bond motifs is 3. The highest BCUT2D eigenvalue weighted by Gasteiger charge is 2.21. The van der Waals surface area contributed by atoms with E-state index in [0.29, 0.717) is 11.5 Å². The van der Waals surface area contributed by atoms with E-state index < -0.39 is 0 Å². The average Bonchev–Trinajstić information content (AvgIpc) is 3.21. The molecule has 148 valence electrons. The molecule has 30 heavy (non-hydrogen) atoms. The molecular formula is C25H21N3O2. The molecule has 0 spiro atoms. The first kappa shape index (κ1) is 18.2. The van der Waals surface area contributed by atoms with Gasteiger partial charge in [0.2, 0.25) is 0 Å². The van der Waals surface area contributed by atoms with E-state index in [2.05, 4.69) is 28.7 Å². The van der Waals surface area contributed by atoms with Gasteiger partial charge in [-0.2, -0.15) is 0 Å². The molecule has 2 aromatic heterocycles. The minimum Gasteiger partial charge on any atom is -0.493 e. The number of aryl methyl sites for hydroxylation is 1. The first-order valence-corrected chi connectivity index (χ1v) is 9.77. The van der Waals surface area contributed by atoms with Crippen molar-refractivity contribution in [3.05, 3.63) is 78.6 Å². The molecule has 0 radical (unpaired) electrons. The van der Waals surface area contributed by atoms with Gasteiger partial charge in [-0.3, -0.25) is 4.40 Å². The second-order valence-corrected chi connectivity index (χ2v) is 7.08. The normalized spacial score (nSPS) is 11.2. The summed E-state index contributed by atoms with van der Waals surface area (Å²) in [6, 6.07) is 24.4. The lowest BCUT2D eigenvalue weighted by atomic mass is 10.0. The predicted molar refractivity (Wildman–Crippen MR) is 119 cm³/mol. The van der Waals surface area contributed by atoms with Crippen LogP contribution in [-0.2, 0) is 0 Å². The third-order valence-electron chi connectivity index (χ3n) is 5.32. The molecule has 0 fully saturated rings. The van der Waals surface area contributed by atoms with Crippen LogP contribution >= 0.6 is 0 Å². The molecule has 5 aromatic rings. The van der Waals surface area contributed by atoms with E-state index in [4.69, 9.17) is 19.4 Å². The van der Waals surface area contributed by atoms with Crippen LogP contribution < -0.4 is 9.47 Å². The van der Waals surface area contributed by atoms with Gasteiger partial charge in [0.1, 0.15) is 11.5 Å². The summed E-state index contributed by atoms with van der Waals surface area (Å²) in [5.41, 5.74) is 5.77. The third-order valence-corrected chi connectivity index (χ3v) is 5.32. The molecule has 0 unspecified atom stereocenters. The van der Waals surface area contributed by atoms with Crippen LogP contribution in [0.25, 0.3) is 39.1 Å². The van der Waals surface area contributed by atoms with Crippen molar-refractivity contribution in [1.82, 2.24) is 14.4 Å². The van der Waals surface area contributed by atoms with Gasteiger partial charge in [0.05, 0.1) is 31.1 Å². The maximum absolute atomic E-state index is 5.54. The van der Waals surface area contributed by atoms with Crippen LogP contribution in [0.15, 0.2) is 72.8 Å². The average molecular weight is 395 g/mol. The molecule has 0 amide bonds. The van der Waals surface area contributed by atoms with Crippen molar-refractivity contribution in [1.29, 1.82) is 0 Å². The maximum Gasteiger partial charge on any atom is 0.162 e. The van der Waals surface area contributed by atoms with Gasteiger partial charge >= 0.3 is 0 Å². The monoisotopic (exact) mass is 395 g/mol. The van der Waals surface area contributed by atoms with Crippen LogP contribution in [0.1, 0.15) is 5.82 Å². The SMILES string of the molecule is COc1cc2nc(C)n3c(-c4ccccc4)c(-c4ccccc4)nc3c2cc1OC. The van der Waals surface area contributed by atoms with E-state index >= 15 is 0 Å². The summed E-state index contributed by atoms with van der Waals surface area (Å²) in [7, 11) is 3.27. The Kier molecular flexibility index (Phi) is 4.36. The molecule has 3 aromatic carbocycles.